The number of hydrogen-bond acceptors (Lipinski definition) is 5. The van der Waals surface area contributed by atoms with Gasteiger partial charge in [0.1, 0.15) is 0 Å². The van der Waals surface area contributed by atoms with Gasteiger partial charge in [-0.2, -0.15) is 0 Å². The van der Waals surface area contributed by atoms with Gasteiger partial charge in [0, 0.05) is 12.6 Å². The molecule has 82 valence electrons. The van der Waals surface area contributed by atoms with E-state index in [4.69, 9.17) is 5.73 Å². The highest BCUT2D eigenvalue weighted by atomic mass is 32.1. The van der Waals surface area contributed by atoms with Gasteiger partial charge in [0.05, 0.1) is 0 Å². The zero-order valence-electron chi connectivity index (χ0n) is 8.80. The standard InChI is InChI=1S/C9H14N4OS/c1-5-3-6(2)13(4-5)8(14)7-11-12-9(10)15-7/h5-6H,3-4H2,1-2H3,(H2,10,12). The van der Waals surface area contributed by atoms with Gasteiger partial charge in [-0.15, -0.1) is 10.2 Å². The van der Waals surface area contributed by atoms with Crippen LogP contribution in [0.4, 0.5) is 5.13 Å². The fourth-order valence-electron chi connectivity index (χ4n) is 2.03. The topological polar surface area (TPSA) is 72.1 Å². The summed E-state index contributed by atoms with van der Waals surface area (Å²) in [5.74, 6) is 0.523. The third-order valence-corrected chi connectivity index (χ3v) is 3.41. The maximum Gasteiger partial charge on any atom is 0.285 e. The van der Waals surface area contributed by atoms with Crippen molar-refractivity contribution in [3.05, 3.63) is 5.01 Å². The average molecular weight is 226 g/mol. The van der Waals surface area contributed by atoms with Gasteiger partial charge >= 0.3 is 0 Å². The summed E-state index contributed by atoms with van der Waals surface area (Å²) in [6.07, 6.45) is 1.06. The molecule has 0 saturated carbocycles. The van der Waals surface area contributed by atoms with Crippen LogP contribution < -0.4 is 5.73 Å². The van der Waals surface area contributed by atoms with Crippen LogP contribution in [0, 0.1) is 5.92 Å². The highest BCUT2D eigenvalue weighted by Crippen LogP contribution is 2.25. The highest BCUT2D eigenvalue weighted by Gasteiger charge is 2.32. The van der Waals surface area contributed by atoms with Crippen molar-refractivity contribution in [1.29, 1.82) is 0 Å². The Balaban J connectivity index is 2.15. The Bertz CT molecular complexity index is 378. The third kappa shape index (κ3) is 1.94. The van der Waals surface area contributed by atoms with Crippen LogP contribution in [0.15, 0.2) is 0 Å². The Morgan fingerprint density at radius 3 is 2.73 bits per heavy atom. The summed E-state index contributed by atoms with van der Waals surface area (Å²) in [7, 11) is 0. The molecule has 15 heavy (non-hydrogen) atoms. The van der Waals surface area contributed by atoms with E-state index < -0.39 is 0 Å². The number of anilines is 1. The van der Waals surface area contributed by atoms with Crippen molar-refractivity contribution in [2.75, 3.05) is 12.3 Å². The van der Waals surface area contributed by atoms with Crippen LogP contribution in [0.25, 0.3) is 0 Å². The van der Waals surface area contributed by atoms with Crippen LogP contribution in [0.2, 0.25) is 0 Å². The number of rotatable bonds is 1. The van der Waals surface area contributed by atoms with Gasteiger partial charge in [-0.25, -0.2) is 0 Å². The van der Waals surface area contributed by atoms with Crippen molar-refractivity contribution in [1.82, 2.24) is 15.1 Å². The number of amides is 1. The monoisotopic (exact) mass is 226 g/mol. The van der Waals surface area contributed by atoms with Crippen LogP contribution in [0.3, 0.4) is 0 Å². The number of nitrogens with two attached hydrogens (primary N) is 1. The van der Waals surface area contributed by atoms with Crippen molar-refractivity contribution in [2.24, 2.45) is 5.92 Å². The molecular formula is C9H14N4OS. The minimum Gasteiger partial charge on any atom is -0.374 e. The summed E-state index contributed by atoms with van der Waals surface area (Å²) < 4.78 is 0. The van der Waals surface area contributed by atoms with Gasteiger partial charge in [-0.1, -0.05) is 18.3 Å². The van der Waals surface area contributed by atoms with E-state index in [1.807, 2.05) is 4.90 Å². The maximum absolute atomic E-state index is 12.0. The predicted octanol–water partition coefficient (Wildman–Crippen LogP) is 0.991. The minimum absolute atomic E-state index is 0.0407. The van der Waals surface area contributed by atoms with E-state index in [9.17, 15) is 4.79 Å². The number of aromatic nitrogens is 2. The number of nitrogens with zero attached hydrogens (tertiary/aromatic N) is 3. The molecule has 1 saturated heterocycles. The average Bonchev–Trinajstić information content (AvgIpc) is 2.71. The van der Waals surface area contributed by atoms with E-state index in [0.29, 0.717) is 16.1 Å². The summed E-state index contributed by atoms with van der Waals surface area (Å²) in [5.41, 5.74) is 5.45. The number of carbonyl (C=O) groups excluding carboxylic acids is 1. The molecule has 0 spiro atoms. The molecule has 1 fully saturated rings. The lowest BCUT2D eigenvalue weighted by atomic mass is 10.1. The normalized spacial score (nSPS) is 25.9. The minimum atomic E-state index is -0.0407. The van der Waals surface area contributed by atoms with Crippen molar-refractivity contribution in [3.63, 3.8) is 0 Å². The zero-order valence-corrected chi connectivity index (χ0v) is 9.62. The third-order valence-electron chi connectivity index (χ3n) is 2.67. The quantitative estimate of drug-likeness (QED) is 0.775. The summed E-state index contributed by atoms with van der Waals surface area (Å²) >= 11 is 1.15. The van der Waals surface area contributed by atoms with E-state index in [-0.39, 0.29) is 11.9 Å². The predicted molar refractivity (Wildman–Crippen MR) is 58.6 cm³/mol. The van der Waals surface area contributed by atoms with Crippen molar-refractivity contribution in [3.8, 4) is 0 Å². The van der Waals surface area contributed by atoms with Crippen LogP contribution in [-0.2, 0) is 0 Å². The molecule has 0 aliphatic carbocycles. The Labute approximate surface area is 92.3 Å². The lowest BCUT2D eigenvalue weighted by molar-refractivity contribution is 0.0742. The molecule has 2 atom stereocenters. The van der Waals surface area contributed by atoms with Crippen LogP contribution in [0.5, 0.6) is 0 Å². The first-order valence-corrected chi connectivity index (χ1v) is 5.79. The second-order valence-electron chi connectivity index (χ2n) is 4.09. The van der Waals surface area contributed by atoms with E-state index in [2.05, 4.69) is 24.0 Å². The number of nitrogen functional groups attached to an aromatic ring is 1. The first-order chi connectivity index (χ1) is 7.08. The van der Waals surface area contributed by atoms with Gasteiger partial charge in [0.2, 0.25) is 10.1 Å². The fraction of sp³-hybridized carbons (Fsp3) is 0.667. The van der Waals surface area contributed by atoms with E-state index in [1.165, 1.54) is 0 Å². The Kier molecular flexibility index (Phi) is 2.60. The summed E-state index contributed by atoms with van der Waals surface area (Å²) in [6, 6.07) is 0.289. The van der Waals surface area contributed by atoms with Crippen LogP contribution >= 0.6 is 11.3 Å². The molecule has 6 heteroatoms. The molecule has 0 aromatic carbocycles. The lowest BCUT2D eigenvalue weighted by Crippen LogP contribution is -2.33. The summed E-state index contributed by atoms with van der Waals surface area (Å²) in [6.45, 7) is 5.02. The Morgan fingerprint density at radius 2 is 2.27 bits per heavy atom. The Hall–Kier alpha value is -1.17. The van der Waals surface area contributed by atoms with Crippen LogP contribution in [-0.4, -0.2) is 33.6 Å². The van der Waals surface area contributed by atoms with E-state index >= 15 is 0 Å². The number of carbonyl (C=O) groups is 1. The van der Waals surface area contributed by atoms with E-state index in [0.717, 1.165) is 24.3 Å². The summed E-state index contributed by atoms with van der Waals surface area (Å²) in [4.78, 5) is 13.8. The first-order valence-electron chi connectivity index (χ1n) is 4.98. The molecule has 2 heterocycles. The molecule has 0 bridgehead atoms. The molecule has 1 amide bonds. The number of hydrogen-bond donors (Lipinski definition) is 1. The molecule has 1 aliphatic heterocycles. The first kappa shape index (κ1) is 10.4. The lowest BCUT2D eigenvalue weighted by Gasteiger charge is -2.19. The van der Waals surface area contributed by atoms with Crippen molar-refractivity contribution in [2.45, 2.75) is 26.3 Å². The fourth-order valence-corrected chi connectivity index (χ4v) is 2.59. The molecule has 0 radical (unpaired) electrons. The Morgan fingerprint density at radius 1 is 1.53 bits per heavy atom. The zero-order chi connectivity index (χ0) is 11.0. The van der Waals surface area contributed by atoms with Crippen molar-refractivity contribution < 1.29 is 4.79 Å². The number of likely N-dealkylation sites (tertiary alicyclic amines) is 1. The van der Waals surface area contributed by atoms with Crippen LogP contribution in [0.1, 0.15) is 30.1 Å². The summed E-state index contributed by atoms with van der Waals surface area (Å²) in [5, 5.41) is 8.17. The van der Waals surface area contributed by atoms with Gasteiger partial charge in [-0.3, -0.25) is 4.79 Å². The molecule has 2 N–H and O–H groups in total. The second-order valence-corrected chi connectivity index (χ2v) is 5.10. The second kappa shape index (κ2) is 3.77. The molecule has 1 aliphatic rings. The molecule has 1 aromatic heterocycles. The van der Waals surface area contributed by atoms with E-state index in [1.54, 1.807) is 0 Å². The maximum atomic E-state index is 12.0. The van der Waals surface area contributed by atoms with Gasteiger partial charge in [-0.05, 0) is 19.3 Å². The largest absolute Gasteiger partial charge is 0.374 e. The molecule has 2 unspecified atom stereocenters. The smallest absolute Gasteiger partial charge is 0.285 e. The van der Waals surface area contributed by atoms with Crippen molar-refractivity contribution >= 4 is 22.4 Å². The molecule has 1 aromatic rings. The van der Waals surface area contributed by atoms with Gasteiger partial charge < -0.3 is 10.6 Å². The van der Waals surface area contributed by atoms with Gasteiger partial charge in [0.15, 0.2) is 0 Å². The molecule has 5 nitrogen and oxygen atoms in total. The SMILES string of the molecule is CC1CC(C)N(C(=O)c2nnc(N)s2)C1. The van der Waals surface area contributed by atoms with Gasteiger partial charge in [0.25, 0.3) is 5.91 Å². The highest BCUT2D eigenvalue weighted by molar-refractivity contribution is 7.16. The molecular weight excluding hydrogens is 212 g/mol. The molecule has 2 rings (SSSR count).